The molecule has 0 radical (unpaired) electrons. The Morgan fingerprint density at radius 1 is 1.29 bits per heavy atom. The summed E-state index contributed by atoms with van der Waals surface area (Å²) in [6, 6.07) is 5.67. The Bertz CT molecular complexity index is 557. The molecule has 0 aliphatic carbocycles. The number of esters is 1. The van der Waals surface area contributed by atoms with Gasteiger partial charge in [-0.05, 0) is 31.1 Å². The van der Waals surface area contributed by atoms with E-state index in [4.69, 9.17) is 13.8 Å². The zero-order chi connectivity index (χ0) is 15.9. The van der Waals surface area contributed by atoms with Gasteiger partial charge in [-0.25, -0.2) is 4.79 Å². The first kappa shape index (κ1) is 17.6. The fourth-order valence-corrected chi connectivity index (χ4v) is 2.89. The van der Waals surface area contributed by atoms with Crippen LogP contribution in [0, 0.1) is 6.92 Å². The van der Waals surface area contributed by atoms with Crippen molar-refractivity contribution in [2.45, 2.75) is 20.0 Å². The summed E-state index contributed by atoms with van der Waals surface area (Å²) in [4.78, 5) is 11.4. The van der Waals surface area contributed by atoms with Crippen molar-refractivity contribution in [3.63, 3.8) is 0 Å². The topological polar surface area (TPSA) is 61.8 Å². The van der Waals surface area contributed by atoms with E-state index in [2.05, 4.69) is 0 Å². The lowest BCUT2D eigenvalue weighted by atomic mass is 10.1. The van der Waals surface area contributed by atoms with Crippen LogP contribution in [0.1, 0.15) is 23.6 Å². The molecule has 0 bridgehead atoms. The molecule has 0 unspecified atom stereocenters. The Morgan fingerprint density at radius 2 is 1.95 bits per heavy atom. The summed E-state index contributed by atoms with van der Waals surface area (Å²) in [6.45, 7) is 4.01. The molecule has 0 heterocycles. The van der Waals surface area contributed by atoms with Gasteiger partial charge in [0.1, 0.15) is 0 Å². The SMILES string of the molecule is CCOC(=O)/C=C/c1ccc(C)cc1CP(=O)(OC)OC. The fourth-order valence-electron chi connectivity index (χ4n) is 1.79. The van der Waals surface area contributed by atoms with Crippen molar-refractivity contribution in [1.29, 1.82) is 0 Å². The van der Waals surface area contributed by atoms with Crippen molar-refractivity contribution < 1.29 is 23.1 Å². The van der Waals surface area contributed by atoms with Gasteiger partial charge in [0.05, 0.1) is 12.8 Å². The monoisotopic (exact) mass is 312 g/mol. The zero-order valence-electron chi connectivity index (χ0n) is 12.8. The van der Waals surface area contributed by atoms with Crippen LogP contribution < -0.4 is 0 Å². The molecule has 1 aromatic carbocycles. The van der Waals surface area contributed by atoms with Gasteiger partial charge in [-0.2, -0.15) is 0 Å². The Morgan fingerprint density at radius 3 is 2.52 bits per heavy atom. The van der Waals surface area contributed by atoms with Gasteiger partial charge < -0.3 is 13.8 Å². The summed E-state index contributed by atoms with van der Waals surface area (Å²) >= 11 is 0. The van der Waals surface area contributed by atoms with Crippen LogP contribution in [0.4, 0.5) is 0 Å². The van der Waals surface area contributed by atoms with E-state index >= 15 is 0 Å². The fraction of sp³-hybridized carbons (Fsp3) is 0.400. The van der Waals surface area contributed by atoms with E-state index in [0.29, 0.717) is 6.61 Å². The molecule has 0 aliphatic heterocycles. The van der Waals surface area contributed by atoms with Crippen LogP contribution in [0.2, 0.25) is 0 Å². The van der Waals surface area contributed by atoms with E-state index in [1.165, 1.54) is 20.3 Å². The molecular weight excluding hydrogens is 291 g/mol. The molecule has 0 aromatic heterocycles. The number of hydrogen-bond donors (Lipinski definition) is 0. The average molecular weight is 312 g/mol. The lowest BCUT2D eigenvalue weighted by Crippen LogP contribution is -2.00. The average Bonchev–Trinajstić information content (AvgIpc) is 2.46. The summed E-state index contributed by atoms with van der Waals surface area (Å²) < 4.78 is 27.0. The molecule has 6 heteroatoms. The lowest BCUT2D eigenvalue weighted by Gasteiger charge is -2.15. The van der Waals surface area contributed by atoms with Crippen molar-refractivity contribution in [3.05, 3.63) is 41.0 Å². The summed E-state index contributed by atoms with van der Waals surface area (Å²) in [6.07, 6.45) is 3.13. The third kappa shape index (κ3) is 5.46. The second-order valence-corrected chi connectivity index (χ2v) is 6.69. The van der Waals surface area contributed by atoms with E-state index in [-0.39, 0.29) is 6.16 Å². The van der Waals surface area contributed by atoms with Crippen molar-refractivity contribution in [2.75, 3.05) is 20.8 Å². The zero-order valence-corrected chi connectivity index (χ0v) is 13.7. The van der Waals surface area contributed by atoms with E-state index < -0.39 is 13.6 Å². The molecular formula is C15H21O5P. The van der Waals surface area contributed by atoms with Crippen molar-refractivity contribution >= 4 is 19.6 Å². The number of hydrogen-bond acceptors (Lipinski definition) is 5. The number of carbonyl (C=O) groups excluding carboxylic acids is 1. The van der Waals surface area contributed by atoms with Gasteiger partial charge in [0.2, 0.25) is 0 Å². The van der Waals surface area contributed by atoms with Gasteiger partial charge in [0, 0.05) is 20.3 Å². The smallest absolute Gasteiger partial charge is 0.334 e. The summed E-state index contributed by atoms with van der Waals surface area (Å²) in [5.41, 5.74) is 2.60. The largest absolute Gasteiger partial charge is 0.463 e. The third-order valence-electron chi connectivity index (χ3n) is 2.90. The predicted octanol–water partition coefficient (Wildman–Crippen LogP) is 3.56. The predicted molar refractivity (Wildman–Crippen MR) is 82.2 cm³/mol. The van der Waals surface area contributed by atoms with Crippen LogP contribution in [0.15, 0.2) is 24.3 Å². The minimum Gasteiger partial charge on any atom is -0.463 e. The molecule has 116 valence electrons. The molecule has 0 saturated heterocycles. The second-order valence-electron chi connectivity index (χ2n) is 4.42. The summed E-state index contributed by atoms with van der Waals surface area (Å²) in [5.74, 6) is -0.411. The molecule has 0 amide bonds. The van der Waals surface area contributed by atoms with E-state index in [0.717, 1.165) is 16.7 Å². The molecule has 1 aromatic rings. The number of benzene rings is 1. The molecule has 21 heavy (non-hydrogen) atoms. The molecule has 0 aliphatic rings. The highest BCUT2D eigenvalue weighted by molar-refractivity contribution is 7.52. The van der Waals surface area contributed by atoms with Gasteiger partial charge >= 0.3 is 13.6 Å². The summed E-state index contributed by atoms with van der Waals surface area (Å²) in [7, 11) is -0.449. The molecule has 0 N–H and O–H groups in total. The quantitative estimate of drug-likeness (QED) is 0.438. The highest BCUT2D eigenvalue weighted by atomic mass is 31.2. The van der Waals surface area contributed by atoms with Crippen molar-refractivity contribution in [3.8, 4) is 0 Å². The van der Waals surface area contributed by atoms with Gasteiger partial charge in [-0.3, -0.25) is 4.57 Å². The maximum absolute atomic E-state index is 12.3. The highest BCUT2D eigenvalue weighted by Crippen LogP contribution is 2.50. The molecule has 0 saturated carbocycles. The van der Waals surface area contributed by atoms with Crippen LogP contribution in [0.5, 0.6) is 0 Å². The first-order valence-electron chi connectivity index (χ1n) is 6.59. The Hall–Kier alpha value is -1.42. The standard InChI is InChI=1S/C15H21O5P/c1-5-20-15(16)9-8-13-7-6-12(2)10-14(13)11-21(17,18-3)19-4/h6-10H,5,11H2,1-4H3/b9-8+. The minimum absolute atomic E-state index is 0.143. The Balaban J connectivity index is 3.05. The maximum Gasteiger partial charge on any atom is 0.334 e. The number of ether oxygens (including phenoxy) is 1. The normalized spacial score (nSPS) is 11.8. The van der Waals surface area contributed by atoms with Gasteiger partial charge in [0.25, 0.3) is 0 Å². The number of carbonyl (C=O) groups is 1. The lowest BCUT2D eigenvalue weighted by molar-refractivity contribution is -0.137. The highest BCUT2D eigenvalue weighted by Gasteiger charge is 2.22. The molecule has 0 atom stereocenters. The Kier molecular flexibility index (Phi) is 6.82. The first-order valence-corrected chi connectivity index (χ1v) is 8.31. The van der Waals surface area contributed by atoms with Crippen LogP contribution >= 0.6 is 7.60 Å². The third-order valence-corrected chi connectivity index (χ3v) is 4.75. The van der Waals surface area contributed by atoms with Crippen LogP contribution in [0.3, 0.4) is 0 Å². The number of aryl methyl sites for hydroxylation is 1. The van der Waals surface area contributed by atoms with Gasteiger partial charge in [-0.1, -0.05) is 23.8 Å². The van der Waals surface area contributed by atoms with E-state index in [1.807, 2.05) is 25.1 Å². The second kappa shape index (κ2) is 8.13. The van der Waals surface area contributed by atoms with Crippen LogP contribution in [-0.4, -0.2) is 26.8 Å². The maximum atomic E-state index is 12.3. The van der Waals surface area contributed by atoms with Gasteiger partial charge in [0.15, 0.2) is 0 Å². The van der Waals surface area contributed by atoms with Crippen LogP contribution in [-0.2, 0) is 29.3 Å². The Labute approximate surface area is 125 Å². The minimum atomic E-state index is -3.16. The molecule has 5 nitrogen and oxygen atoms in total. The number of rotatable bonds is 7. The van der Waals surface area contributed by atoms with E-state index in [9.17, 15) is 9.36 Å². The molecule has 0 spiro atoms. The van der Waals surface area contributed by atoms with Crippen molar-refractivity contribution in [1.82, 2.24) is 0 Å². The van der Waals surface area contributed by atoms with E-state index in [1.54, 1.807) is 13.0 Å². The summed E-state index contributed by atoms with van der Waals surface area (Å²) in [5, 5.41) is 0. The molecule has 1 rings (SSSR count). The van der Waals surface area contributed by atoms with Gasteiger partial charge in [-0.15, -0.1) is 0 Å². The first-order chi connectivity index (χ1) is 9.94. The molecule has 0 fully saturated rings. The van der Waals surface area contributed by atoms with Crippen LogP contribution in [0.25, 0.3) is 6.08 Å². The van der Waals surface area contributed by atoms with Crippen molar-refractivity contribution in [2.24, 2.45) is 0 Å².